The lowest BCUT2D eigenvalue weighted by atomic mass is 9.75. The van der Waals surface area contributed by atoms with Crippen LogP contribution in [-0.4, -0.2) is 50.9 Å². The Morgan fingerprint density at radius 3 is 2.46 bits per heavy atom. The highest BCUT2D eigenvalue weighted by Crippen LogP contribution is 2.09. The minimum absolute atomic E-state index is 0.00600. The van der Waals surface area contributed by atoms with E-state index in [4.69, 9.17) is 1.37 Å². The number of nitrogens with zero attached hydrogens (tertiary/aromatic N) is 2. The van der Waals surface area contributed by atoms with Crippen molar-refractivity contribution in [1.29, 1.82) is 0 Å². The van der Waals surface area contributed by atoms with E-state index in [0.717, 1.165) is 0 Å². The molecule has 9 heteroatoms. The zero-order valence-electron chi connectivity index (χ0n) is 16.8. The summed E-state index contributed by atoms with van der Waals surface area (Å²) in [7, 11) is -1.77. The molecule has 0 radical (unpaired) electrons. The zero-order chi connectivity index (χ0) is 21.4. The van der Waals surface area contributed by atoms with Gasteiger partial charge < -0.3 is 20.7 Å². The molecule has 0 saturated heterocycles. The van der Waals surface area contributed by atoms with Gasteiger partial charge in [-0.15, -0.1) is 0 Å². The number of nitrogens with one attached hydrogen (secondary N) is 2. The third kappa shape index (κ3) is 6.75. The standard InChI is InChI=1S/C19H25BN4O4/c1-13(2)10-17(20(27)28)24-18(25)15(11-14-6-4-3-5-7-14)23-19(26)16-12-21-8-9-22-16/h3-9,12-13,15,17,27-28H,10-11H2,1-2H3,(H,23,26)(H,24,25)/t15-,17-/m0/s1/i11D/t11?,15-,17-. The molecule has 2 amide bonds. The summed E-state index contributed by atoms with van der Waals surface area (Å²) in [5.41, 5.74) is 0.531. The van der Waals surface area contributed by atoms with E-state index in [9.17, 15) is 19.6 Å². The van der Waals surface area contributed by atoms with Gasteiger partial charge in [-0.05, 0) is 17.9 Å². The Kier molecular flexibility index (Phi) is 7.51. The first kappa shape index (κ1) is 20.0. The summed E-state index contributed by atoms with van der Waals surface area (Å²) in [6.45, 7) is 3.76. The van der Waals surface area contributed by atoms with Crippen LogP contribution >= 0.6 is 0 Å². The minimum Gasteiger partial charge on any atom is -0.426 e. The number of amides is 2. The van der Waals surface area contributed by atoms with E-state index in [1.807, 2.05) is 13.8 Å². The highest BCUT2D eigenvalue weighted by atomic mass is 16.4. The largest absolute Gasteiger partial charge is 0.475 e. The van der Waals surface area contributed by atoms with Gasteiger partial charge in [0.25, 0.3) is 5.91 Å². The van der Waals surface area contributed by atoms with Gasteiger partial charge in [0.1, 0.15) is 11.7 Å². The van der Waals surface area contributed by atoms with E-state index in [1.54, 1.807) is 30.3 Å². The van der Waals surface area contributed by atoms with Crippen LogP contribution in [0.25, 0.3) is 0 Å². The summed E-state index contributed by atoms with van der Waals surface area (Å²) in [5.74, 6) is -2.18. The summed E-state index contributed by atoms with van der Waals surface area (Å²) in [5, 5.41) is 24.3. The smallest absolute Gasteiger partial charge is 0.426 e. The molecule has 8 nitrogen and oxygen atoms in total. The van der Waals surface area contributed by atoms with Crippen LogP contribution in [0, 0.1) is 5.92 Å². The van der Waals surface area contributed by atoms with Crippen molar-refractivity contribution in [2.45, 2.75) is 38.6 Å². The zero-order valence-corrected chi connectivity index (χ0v) is 15.8. The molecule has 0 saturated carbocycles. The average molecular weight is 385 g/mol. The Balaban J connectivity index is 2.25. The summed E-state index contributed by atoms with van der Waals surface area (Å²) in [4.78, 5) is 33.2. The maximum absolute atomic E-state index is 12.9. The van der Waals surface area contributed by atoms with Crippen molar-refractivity contribution < 1.29 is 21.0 Å². The molecular formula is C19H25BN4O4. The maximum atomic E-state index is 12.9. The predicted octanol–water partition coefficient (Wildman–Crippen LogP) is 0.361. The van der Waals surface area contributed by atoms with Gasteiger partial charge in [0.2, 0.25) is 5.91 Å². The van der Waals surface area contributed by atoms with E-state index >= 15 is 0 Å². The lowest BCUT2D eigenvalue weighted by Crippen LogP contribution is -2.55. The van der Waals surface area contributed by atoms with Crippen molar-refractivity contribution in [1.82, 2.24) is 20.6 Å². The number of carbonyl (C=O) groups is 2. The summed E-state index contributed by atoms with van der Waals surface area (Å²) in [6, 6.07) is 7.33. The molecule has 2 rings (SSSR count). The maximum Gasteiger partial charge on any atom is 0.475 e. The fourth-order valence-corrected chi connectivity index (χ4v) is 2.61. The van der Waals surface area contributed by atoms with Crippen LogP contribution < -0.4 is 10.6 Å². The van der Waals surface area contributed by atoms with Crippen LogP contribution in [0.1, 0.15) is 37.7 Å². The molecule has 0 spiro atoms. The highest BCUT2D eigenvalue weighted by molar-refractivity contribution is 6.43. The first-order chi connectivity index (χ1) is 13.8. The minimum atomic E-state index is -1.77. The number of rotatable bonds is 9. The van der Waals surface area contributed by atoms with Crippen LogP contribution in [0.4, 0.5) is 0 Å². The van der Waals surface area contributed by atoms with Gasteiger partial charge in [-0.25, -0.2) is 4.98 Å². The number of hydrogen-bond acceptors (Lipinski definition) is 6. The van der Waals surface area contributed by atoms with Crippen molar-refractivity contribution in [2.24, 2.45) is 5.92 Å². The normalized spacial score (nSPS) is 14.5. The van der Waals surface area contributed by atoms with Crippen molar-refractivity contribution >= 4 is 18.9 Å². The summed E-state index contributed by atoms with van der Waals surface area (Å²) < 4.78 is 8.51. The molecule has 3 atom stereocenters. The second-order valence-electron chi connectivity index (χ2n) is 6.78. The molecule has 1 heterocycles. The van der Waals surface area contributed by atoms with Crippen LogP contribution in [0.15, 0.2) is 48.9 Å². The van der Waals surface area contributed by atoms with Crippen LogP contribution in [0.5, 0.6) is 0 Å². The van der Waals surface area contributed by atoms with Gasteiger partial charge in [-0.2, -0.15) is 0 Å². The van der Waals surface area contributed by atoms with Gasteiger partial charge in [0.15, 0.2) is 0 Å². The molecule has 0 aliphatic carbocycles. The molecule has 1 aromatic carbocycles. The van der Waals surface area contributed by atoms with Crippen molar-refractivity contribution in [2.75, 3.05) is 0 Å². The van der Waals surface area contributed by atoms with Crippen LogP contribution in [0.3, 0.4) is 0 Å². The van der Waals surface area contributed by atoms with Crippen molar-refractivity contribution in [3.8, 4) is 0 Å². The fourth-order valence-electron chi connectivity index (χ4n) is 2.61. The Morgan fingerprint density at radius 1 is 1.18 bits per heavy atom. The number of hydrogen-bond donors (Lipinski definition) is 4. The monoisotopic (exact) mass is 385 g/mol. The van der Waals surface area contributed by atoms with E-state index in [0.29, 0.717) is 12.0 Å². The van der Waals surface area contributed by atoms with E-state index in [2.05, 4.69) is 20.6 Å². The lowest BCUT2D eigenvalue weighted by molar-refractivity contribution is -0.123. The summed E-state index contributed by atoms with van der Waals surface area (Å²) >= 11 is 0. The molecule has 0 fully saturated rings. The fraction of sp³-hybridized carbons (Fsp3) is 0.368. The quantitative estimate of drug-likeness (QED) is 0.462. The topological polar surface area (TPSA) is 124 Å². The molecule has 148 valence electrons. The first-order valence-electron chi connectivity index (χ1n) is 9.58. The average Bonchev–Trinajstić information content (AvgIpc) is 2.71. The van der Waals surface area contributed by atoms with Gasteiger partial charge in [0, 0.05) is 20.2 Å². The van der Waals surface area contributed by atoms with E-state index in [1.165, 1.54) is 18.6 Å². The molecule has 1 aromatic heterocycles. The number of benzene rings is 1. The molecule has 0 aliphatic heterocycles. The highest BCUT2D eigenvalue weighted by Gasteiger charge is 2.30. The molecule has 4 N–H and O–H groups in total. The van der Waals surface area contributed by atoms with Gasteiger partial charge in [0.05, 0.1) is 12.1 Å². The third-order valence-electron chi connectivity index (χ3n) is 3.94. The Hall–Kier alpha value is -2.78. The number of aromatic nitrogens is 2. The molecular weight excluding hydrogens is 359 g/mol. The van der Waals surface area contributed by atoms with Crippen LogP contribution in [0.2, 0.25) is 0 Å². The van der Waals surface area contributed by atoms with Gasteiger partial charge >= 0.3 is 7.12 Å². The van der Waals surface area contributed by atoms with Gasteiger partial charge in [-0.1, -0.05) is 44.2 Å². The molecule has 0 bridgehead atoms. The van der Waals surface area contributed by atoms with Crippen molar-refractivity contribution in [3.63, 3.8) is 0 Å². The molecule has 0 aliphatic rings. The molecule has 1 unspecified atom stereocenters. The predicted molar refractivity (Wildman–Crippen MR) is 105 cm³/mol. The second kappa shape index (κ2) is 10.5. The Morgan fingerprint density at radius 2 is 1.89 bits per heavy atom. The Bertz CT molecular complexity index is 795. The summed E-state index contributed by atoms with van der Waals surface area (Å²) in [6.07, 6.45) is 3.22. The second-order valence-corrected chi connectivity index (χ2v) is 6.78. The Labute approximate surface area is 166 Å². The van der Waals surface area contributed by atoms with Crippen LogP contribution in [-0.2, 0) is 11.2 Å². The van der Waals surface area contributed by atoms with Gasteiger partial charge in [-0.3, -0.25) is 14.6 Å². The van der Waals surface area contributed by atoms with E-state index < -0.39 is 37.3 Å². The first-order valence-corrected chi connectivity index (χ1v) is 9.00. The third-order valence-corrected chi connectivity index (χ3v) is 3.94. The molecule has 2 aromatic rings. The molecule has 28 heavy (non-hydrogen) atoms. The van der Waals surface area contributed by atoms with Crippen molar-refractivity contribution in [3.05, 3.63) is 60.2 Å². The SMILES string of the molecule is [2H]C(c1ccccc1)[C@H](NC(=O)c1cnccn1)C(=O)N[C@@H](CC(C)C)B(O)O. The lowest BCUT2D eigenvalue weighted by Gasteiger charge is -2.24. The van der Waals surface area contributed by atoms with E-state index in [-0.39, 0.29) is 11.6 Å². The number of carbonyl (C=O) groups excluding carboxylic acids is 2.